The van der Waals surface area contributed by atoms with Crippen LogP contribution in [0.5, 0.6) is 5.75 Å². The normalized spacial score (nSPS) is 19.2. The zero-order valence-corrected chi connectivity index (χ0v) is 11.5. The molecule has 0 aromatic heterocycles. The van der Waals surface area contributed by atoms with E-state index in [1.165, 1.54) is 12.1 Å². The smallest absolute Gasteiger partial charge is 0.406 e. The molecule has 1 aromatic carbocycles. The van der Waals surface area contributed by atoms with Crippen LogP contribution in [0.2, 0.25) is 0 Å². The van der Waals surface area contributed by atoms with Crippen LogP contribution < -0.4 is 10.1 Å². The van der Waals surface area contributed by atoms with Gasteiger partial charge in [0, 0.05) is 18.0 Å². The predicted molar refractivity (Wildman–Crippen MR) is 68.5 cm³/mol. The predicted octanol–water partition coefficient (Wildman–Crippen LogP) is 3.27. The number of alkyl halides is 3. The SMILES string of the molecule is CC(NCC1(C)COC1)c1ccc(OC(F)(F)F)cc1. The summed E-state index contributed by atoms with van der Waals surface area (Å²) in [6, 6.07) is 5.99. The van der Waals surface area contributed by atoms with Gasteiger partial charge in [-0.1, -0.05) is 19.1 Å². The second-order valence-corrected chi connectivity index (χ2v) is 5.52. The first kappa shape index (κ1) is 15.1. The fraction of sp³-hybridized carbons (Fsp3) is 0.571. The van der Waals surface area contributed by atoms with Crippen molar-refractivity contribution in [2.75, 3.05) is 19.8 Å². The van der Waals surface area contributed by atoms with Crippen molar-refractivity contribution in [2.45, 2.75) is 26.3 Å². The molecular weight excluding hydrogens is 271 g/mol. The topological polar surface area (TPSA) is 30.5 Å². The third kappa shape index (κ3) is 4.11. The molecule has 0 radical (unpaired) electrons. The van der Waals surface area contributed by atoms with Gasteiger partial charge >= 0.3 is 6.36 Å². The summed E-state index contributed by atoms with van der Waals surface area (Å²) >= 11 is 0. The molecule has 2 rings (SSSR count). The maximum atomic E-state index is 12.1. The van der Waals surface area contributed by atoms with Gasteiger partial charge in [0.15, 0.2) is 0 Å². The van der Waals surface area contributed by atoms with E-state index in [2.05, 4.69) is 17.0 Å². The number of nitrogens with one attached hydrogen (secondary N) is 1. The van der Waals surface area contributed by atoms with Crippen molar-refractivity contribution in [2.24, 2.45) is 5.41 Å². The van der Waals surface area contributed by atoms with Crippen molar-refractivity contribution < 1.29 is 22.6 Å². The first-order valence-corrected chi connectivity index (χ1v) is 6.44. The Labute approximate surface area is 116 Å². The van der Waals surface area contributed by atoms with E-state index in [4.69, 9.17) is 4.74 Å². The van der Waals surface area contributed by atoms with Gasteiger partial charge in [0.25, 0.3) is 0 Å². The molecule has 0 bridgehead atoms. The van der Waals surface area contributed by atoms with Crippen LogP contribution in [0.4, 0.5) is 13.2 Å². The number of ether oxygens (including phenoxy) is 2. The highest BCUT2D eigenvalue weighted by Crippen LogP contribution is 2.27. The maximum absolute atomic E-state index is 12.1. The van der Waals surface area contributed by atoms with Crippen LogP contribution in [-0.4, -0.2) is 26.1 Å². The Morgan fingerprint density at radius 3 is 2.35 bits per heavy atom. The summed E-state index contributed by atoms with van der Waals surface area (Å²) in [6.45, 7) is 6.41. The van der Waals surface area contributed by atoms with E-state index < -0.39 is 6.36 Å². The number of rotatable bonds is 5. The molecule has 1 heterocycles. The Morgan fingerprint density at radius 2 is 1.90 bits per heavy atom. The summed E-state index contributed by atoms with van der Waals surface area (Å²) < 4.78 is 45.2. The third-order valence-corrected chi connectivity index (χ3v) is 3.35. The summed E-state index contributed by atoms with van der Waals surface area (Å²) in [5.74, 6) is -0.201. The van der Waals surface area contributed by atoms with Gasteiger partial charge in [-0.25, -0.2) is 0 Å². The molecule has 112 valence electrons. The zero-order valence-electron chi connectivity index (χ0n) is 11.5. The standard InChI is InChI=1S/C14H18F3NO2/c1-10(18-7-13(2)8-19-9-13)11-3-5-12(6-4-11)20-14(15,16)17/h3-6,10,18H,7-9H2,1-2H3. The third-order valence-electron chi connectivity index (χ3n) is 3.35. The lowest BCUT2D eigenvalue weighted by Crippen LogP contribution is -2.47. The minimum absolute atomic E-state index is 0.0624. The molecule has 1 aromatic rings. The van der Waals surface area contributed by atoms with Crippen LogP contribution in [-0.2, 0) is 4.74 Å². The van der Waals surface area contributed by atoms with Gasteiger partial charge in [0.05, 0.1) is 13.2 Å². The van der Waals surface area contributed by atoms with Crippen molar-refractivity contribution in [1.82, 2.24) is 5.32 Å². The Balaban J connectivity index is 1.88. The van der Waals surface area contributed by atoms with Crippen LogP contribution in [0.15, 0.2) is 24.3 Å². The Kier molecular flexibility index (Phi) is 4.25. The van der Waals surface area contributed by atoms with Crippen molar-refractivity contribution in [1.29, 1.82) is 0 Å². The lowest BCUT2D eigenvalue weighted by molar-refractivity contribution is -0.274. The van der Waals surface area contributed by atoms with E-state index in [0.29, 0.717) is 0 Å². The second-order valence-electron chi connectivity index (χ2n) is 5.52. The monoisotopic (exact) mass is 289 g/mol. The summed E-state index contributed by atoms with van der Waals surface area (Å²) in [6.07, 6.45) is -4.65. The second kappa shape index (κ2) is 5.61. The molecule has 1 aliphatic heterocycles. The van der Waals surface area contributed by atoms with Crippen molar-refractivity contribution in [3.8, 4) is 5.75 Å². The molecule has 1 aliphatic rings. The molecule has 0 aliphatic carbocycles. The highest BCUT2D eigenvalue weighted by Gasteiger charge is 2.33. The lowest BCUT2D eigenvalue weighted by Gasteiger charge is -2.39. The van der Waals surface area contributed by atoms with E-state index in [-0.39, 0.29) is 17.2 Å². The first-order chi connectivity index (χ1) is 9.27. The van der Waals surface area contributed by atoms with Crippen LogP contribution in [0, 0.1) is 5.41 Å². The molecule has 1 N–H and O–H groups in total. The quantitative estimate of drug-likeness (QED) is 0.902. The minimum atomic E-state index is -4.65. The van der Waals surface area contributed by atoms with Crippen molar-refractivity contribution in [3.05, 3.63) is 29.8 Å². The van der Waals surface area contributed by atoms with Crippen molar-refractivity contribution >= 4 is 0 Å². The zero-order chi connectivity index (χ0) is 14.8. The number of benzene rings is 1. The maximum Gasteiger partial charge on any atom is 0.573 e. The summed E-state index contributed by atoms with van der Waals surface area (Å²) in [5.41, 5.74) is 1.08. The van der Waals surface area contributed by atoms with Crippen molar-refractivity contribution in [3.63, 3.8) is 0 Å². The highest BCUT2D eigenvalue weighted by molar-refractivity contribution is 5.29. The van der Waals surface area contributed by atoms with Gasteiger partial charge in [-0.15, -0.1) is 13.2 Å². The summed E-state index contributed by atoms with van der Waals surface area (Å²) in [4.78, 5) is 0. The number of hydrogen-bond donors (Lipinski definition) is 1. The van der Waals surface area contributed by atoms with E-state index in [9.17, 15) is 13.2 Å². The van der Waals surface area contributed by atoms with Crippen LogP contribution in [0.1, 0.15) is 25.5 Å². The van der Waals surface area contributed by atoms with Gasteiger partial charge in [0.2, 0.25) is 0 Å². The lowest BCUT2D eigenvalue weighted by atomic mass is 9.88. The molecule has 3 nitrogen and oxygen atoms in total. The van der Waals surface area contributed by atoms with Gasteiger partial charge in [-0.3, -0.25) is 0 Å². The first-order valence-electron chi connectivity index (χ1n) is 6.44. The average Bonchev–Trinajstić information content (AvgIpc) is 2.32. The van der Waals surface area contributed by atoms with Crippen LogP contribution in [0.25, 0.3) is 0 Å². The van der Waals surface area contributed by atoms with E-state index in [1.54, 1.807) is 12.1 Å². The van der Waals surface area contributed by atoms with Gasteiger partial charge in [-0.2, -0.15) is 0 Å². The fourth-order valence-electron chi connectivity index (χ4n) is 2.03. The number of halogens is 3. The Hall–Kier alpha value is -1.27. The number of hydrogen-bond acceptors (Lipinski definition) is 3. The summed E-state index contributed by atoms with van der Waals surface area (Å²) in [7, 11) is 0. The molecule has 1 fully saturated rings. The Morgan fingerprint density at radius 1 is 1.30 bits per heavy atom. The molecule has 1 atom stereocenters. The van der Waals surface area contributed by atoms with E-state index in [1.807, 2.05) is 6.92 Å². The molecule has 0 amide bonds. The van der Waals surface area contributed by atoms with Crippen LogP contribution in [0.3, 0.4) is 0 Å². The van der Waals surface area contributed by atoms with Gasteiger partial charge in [-0.05, 0) is 24.6 Å². The minimum Gasteiger partial charge on any atom is -0.406 e. The van der Waals surface area contributed by atoms with Crippen LogP contribution >= 0.6 is 0 Å². The molecule has 1 unspecified atom stereocenters. The molecule has 1 saturated heterocycles. The largest absolute Gasteiger partial charge is 0.573 e. The molecule has 0 spiro atoms. The molecule has 6 heteroatoms. The molecular formula is C14H18F3NO2. The van der Waals surface area contributed by atoms with E-state index >= 15 is 0 Å². The average molecular weight is 289 g/mol. The molecule has 20 heavy (non-hydrogen) atoms. The molecule has 0 saturated carbocycles. The fourth-order valence-corrected chi connectivity index (χ4v) is 2.03. The van der Waals surface area contributed by atoms with E-state index in [0.717, 1.165) is 25.3 Å². The Bertz CT molecular complexity index is 441. The van der Waals surface area contributed by atoms with Gasteiger partial charge < -0.3 is 14.8 Å². The highest BCUT2D eigenvalue weighted by atomic mass is 19.4. The van der Waals surface area contributed by atoms with Gasteiger partial charge in [0.1, 0.15) is 5.75 Å². The summed E-state index contributed by atoms with van der Waals surface area (Å²) in [5, 5.41) is 3.37.